The van der Waals surface area contributed by atoms with Crippen LogP contribution >= 0.6 is 0 Å². The Hall–Kier alpha value is -0.770. The van der Waals surface area contributed by atoms with Crippen LogP contribution in [-0.4, -0.2) is 34.2 Å². The van der Waals surface area contributed by atoms with Crippen LogP contribution in [0, 0.1) is 5.92 Å². The van der Waals surface area contributed by atoms with Crippen molar-refractivity contribution in [2.24, 2.45) is 11.7 Å². The maximum Gasteiger partial charge on any atom is 0.407 e. The van der Waals surface area contributed by atoms with Crippen LogP contribution in [-0.2, 0) is 0 Å². The van der Waals surface area contributed by atoms with Crippen molar-refractivity contribution in [3.63, 3.8) is 0 Å². The van der Waals surface area contributed by atoms with E-state index in [0.717, 1.165) is 25.7 Å². The maximum absolute atomic E-state index is 11.3. The Labute approximate surface area is 97.8 Å². The monoisotopic (exact) mass is 228 g/mol. The maximum atomic E-state index is 11.3. The van der Waals surface area contributed by atoms with Crippen LogP contribution < -0.4 is 5.73 Å². The number of nitrogens with zero attached hydrogens (tertiary/aromatic N) is 1. The molecule has 0 aromatic rings. The summed E-state index contributed by atoms with van der Waals surface area (Å²) < 4.78 is 0. The Kier molecular flexibility index (Phi) is 4.19. The van der Waals surface area contributed by atoms with E-state index in [9.17, 15) is 9.90 Å². The molecule has 0 unspecified atom stereocenters. The first kappa shape index (κ1) is 13.3. The molecule has 1 amide bonds. The molecular formula is C12H24N2O2. The van der Waals surface area contributed by atoms with Gasteiger partial charge in [0.1, 0.15) is 0 Å². The third-order valence-electron chi connectivity index (χ3n) is 3.38. The molecule has 0 saturated heterocycles. The number of carbonyl (C=O) groups is 1. The van der Waals surface area contributed by atoms with E-state index in [-0.39, 0.29) is 11.6 Å². The van der Waals surface area contributed by atoms with E-state index < -0.39 is 6.09 Å². The number of rotatable bonds is 2. The largest absolute Gasteiger partial charge is 0.465 e. The van der Waals surface area contributed by atoms with Gasteiger partial charge in [-0.25, -0.2) is 4.79 Å². The zero-order valence-corrected chi connectivity index (χ0v) is 10.6. The minimum atomic E-state index is -0.810. The number of amides is 1. The fourth-order valence-electron chi connectivity index (χ4n) is 2.70. The summed E-state index contributed by atoms with van der Waals surface area (Å²) in [5.41, 5.74) is 5.36. The number of hydrogen-bond acceptors (Lipinski definition) is 2. The van der Waals surface area contributed by atoms with Crippen LogP contribution in [0.25, 0.3) is 0 Å². The van der Waals surface area contributed by atoms with Gasteiger partial charge >= 0.3 is 6.09 Å². The molecule has 4 heteroatoms. The molecule has 94 valence electrons. The summed E-state index contributed by atoms with van der Waals surface area (Å²) in [5.74, 6) is 0.489. The van der Waals surface area contributed by atoms with E-state index in [1.807, 2.05) is 20.8 Å². The molecule has 1 rings (SSSR count). The number of hydrogen-bond donors (Lipinski definition) is 2. The Morgan fingerprint density at radius 2 is 2.06 bits per heavy atom. The second-order valence-electron chi connectivity index (χ2n) is 5.75. The summed E-state index contributed by atoms with van der Waals surface area (Å²) in [4.78, 5) is 12.9. The van der Waals surface area contributed by atoms with Crippen molar-refractivity contribution in [1.29, 1.82) is 0 Å². The van der Waals surface area contributed by atoms with Gasteiger partial charge in [-0.3, -0.25) is 0 Å². The molecule has 0 heterocycles. The third-order valence-corrected chi connectivity index (χ3v) is 3.38. The summed E-state index contributed by atoms with van der Waals surface area (Å²) in [6.45, 7) is 6.53. The molecule has 2 atom stereocenters. The highest BCUT2D eigenvalue weighted by Gasteiger charge is 2.35. The van der Waals surface area contributed by atoms with Gasteiger partial charge in [-0.15, -0.1) is 0 Å². The molecule has 0 spiro atoms. The molecule has 0 bridgehead atoms. The van der Waals surface area contributed by atoms with Crippen molar-refractivity contribution in [3.8, 4) is 0 Å². The van der Waals surface area contributed by atoms with Crippen molar-refractivity contribution in [2.45, 2.75) is 58.0 Å². The summed E-state index contributed by atoms with van der Waals surface area (Å²) in [5, 5.41) is 9.31. The molecular weight excluding hydrogens is 204 g/mol. The molecule has 0 aromatic carbocycles. The number of carboxylic acid groups (broad SMARTS) is 1. The molecule has 1 fully saturated rings. The second kappa shape index (κ2) is 5.04. The summed E-state index contributed by atoms with van der Waals surface area (Å²) in [6.07, 6.45) is 3.31. The van der Waals surface area contributed by atoms with E-state index in [1.165, 1.54) is 0 Å². The molecule has 0 aliphatic heterocycles. The summed E-state index contributed by atoms with van der Waals surface area (Å²) in [7, 11) is 0. The van der Waals surface area contributed by atoms with Gasteiger partial charge in [0.05, 0.1) is 0 Å². The molecule has 1 aliphatic carbocycles. The third kappa shape index (κ3) is 3.11. The van der Waals surface area contributed by atoms with Crippen LogP contribution in [0.15, 0.2) is 0 Å². The Bertz CT molecular complexity index is 248. The highest BCUT2D eigenvalue weighted by Crippen LogP contribution is 2.31. The highest BCUT2D eigenvalue weighted by atomic mass is 16.4. The lowest BCUT2D eigenvalue weighted by Crippen LogP contribution is -2.52. The van der Waals surface area contributed by atoms with E-state index >= 15 is 0 Å². The van der Waals surface area contributed by atoms with Gasteiger partial charge in [0.2, 0.25) is 0 Å². The van der Waals surface area contributed by atoms with Crippen molar-refractivity contribution in [1.82, 2.24) is 4.90 Å². The lowest BCUT2D eigenvalue weighted by Gasteiger charge is -2.43. The lowest BCUT2D eigenvalue weighted by atomic mass is 9.83. The van der Waals surface area contributed by atoms with Gasteiger partial charge in [-0.05, 0) is 52.5 Å². The zero-order chi connectivity index (χ0) is 12.3. The van der Waals surface area contributed by atoms with E-state index in [1.54, 1.807) is 4.90 Å². The van der Waals surface area contributed by atoms with Crippen molar-refractivity contribution in [2.75, 3.05) is 6.54 Å². The van der Waals surface area contributed by atoms with Crippen molar-refractivity contribution >= 4 is 6.09 Å². The Morgan fingerprint density at radius 1 is 1.44 bits per heavy atom. The molecule has 0 aromatic heterocycles. The SMILES string of the molecule is CC(C)(C)N(C(=O)O)[C@@H]1CCC[C@@H](CN)C1. The number of nitrogens with two attached hydrogens (primary N) is 1. The molecule has 4 nitrogen and oxygen atoms in total. The normalized spacial score (nSPS) is 26.5. The summed E-state index contributed by atoms with van der Waals surface area (Å²) >= 11 is 0. The first-order valence-electron chi connectivity index (χ1n) is 6.08. The fourth-order valence-corrected chi connectivity index (χ4v) is 2.70. The average molecular weight is 228 g/mol. The first-order valence-corrected chi connectivity index (χ1v) is 6.08. The second-order valence-corrected chi connectivity index (χ2v) is 5.75. The standard InChI is InChI=1S/C12H24N2O2/c1-12(2,3)14(11(15)16)10-6-4-5-9(7-10)8-13/h9-10H,4-8,13H2,1-3H3,(H,15,16)/t9-,10-/m1/s1. The molecule has 16 heavy (non-hydrogen) atoms. The van der Waals surface area contributed by atoms with Crippen LogP contribution in [0.5, 0.6) is 0 Å². The average Bonchev–Trinajstić information content (AvgIpc) is 2.15. The summed E-state index contributed by atoms with van der Waals surface area (Å²) in [6, 6.07) is 0.139. The highest BCUT2D eigenvalue weighted by molar-refractivity contribution is 5.66. The van der Waals surface area contributed by atoms with Gasteiger partial charge in [-0.1, -0.05) is 6.42 Å². The minimum Gasteiger partial charge on any atom is -0.465 e. The Balaban J connectivity index is 2.75. The van der Waals surface area contributed by atoms with Gasteiger partial charge in [-0.2, -0.15) is 0 Å². The van der Waals surface area contributed by atoms with Gasteiger partial charge in [0.15, 0.2) is 0 Å². The van der Waals surface area contributed by atoms with E-state index in [4.69, 9.17) is 5.73 Å². The zero-order valence-electron chi connectivity index (χ0n) is 10.6. The van der Waals surface area contributed by atoms with Crippen LogP contribution in [0.2, 0.25) is 0 Å². The quantitative estimate of drug-likeness (QED) is 0.762. The molecule has 0 radical (unpaired) electrons. The van der Waals surface area contributed by atoms with Crippen molar-refractivity contribution in [3.05, 3.63) is 0 Å². The van der Waals surface area contributed by atoms with Gasteiger partial charge in [0.25, 0.3) is 0 Å². The topological polar surface area (TPSA) is 66.6 Å². The predicted molar refractivity (Wildman–Crippen MR) is 64.4 cm³/mol. The van der Waals surface area contributed by atoms with Crippen LogP contribution in [0.4, 0.5) is 4.79 Å². The van der Waals surface area contributed by atoms with E-state index in [0.29, 0.717) is 12.5 Å². The molecule has 3 N–H and O–H groups in total. The van der Waals surface area contributed by atoms with Crippen LogP contribution in [0.3, 0.4) is 0 Å². The van der Waals surface area contributed by atoms with Gasteiger partial charge < -0.3 is 15.7 Å². The Morgan fingerprint density at radius 3 is 2.50 bits per heavy atom. The predicted octanol–water partition coefficient (Wildman–Crippen LogP) is 2.28. The molecule has 1 saturated carbocycles. The minimum absolute atomic E-state index is 0.139. The molecule has 1 aliphatic rings. The van der Waals surface area contributed by atoms with Crippen LogP contribution in [0.1, 0.15) is 46.5 Å². The van der Waals surface area contributed by atoms with Gasteiger partial charge in [0, 0.05) is 11.6 Å². The first-order chi connectivity index (χ1) is 7.36. The fraction of sp³-hybridized carbons (Fsp3) is 0.917. The van der Waals surface area contributed by atoms with E-state index in [2.05, 4.69) is 0 Å². The lowest BCUT2D eigenvalue weighted by molar-refractivity contribution is 0.0482. The smallest absolute Gasteiger partial charge is 0.407 e. The van der Waals surface area contributed by atoms with Crippen molar-refractivity contribution < 1.29 is 9.90 Å².